The lowest BCUT2D eigenvalue weighted by molar-refractivity contribution is -0.00150. The van der Waals surface area contributed by atoms with E-state index in [1.165, 1.54) is 0 Å². The van der Waals surface area contributed by atoms with Crippen molar-refractivity contribution in [3.8, 4) is 17.0 Å². The molecule has 1 aromatic carbocycles. The zero-order valence-corrected chi connectivity index (χ0v) is 21.5. The van der Waals surface area contributed by atoms with Crippen molar-refractivity contribution < 1.29 is 18.9 Å². The molecule has 3 aromatic rings. The van der Waals surface area contributed by atoms with E-state index in [0.717, 1.165) is 91.8 Å². The summed E-state index contributed by atoms with van der Waals surface area (Å²) in [6.45, 7) is 6.48. The van der Waals surface area contributed by atoms with E-state index in [1.807, 2.05) is 19.1 Å². The van der Waals surface area contributed by atoms with Crippen molar-refractivity contribution in [1.29, 1.82) is 0 Å². The van der Waals surface area contributed by atoms with Gasteiger partial charge in [-0.1, -0.05) is 12.1 Å². The Hall–Kier alpha value is -3.56. The van der Waals surface area contributed by atoms with Crippen LogP contribution < -0.4 is 15.4 Å². The summed E-state index contributed by atoms with van der Waals surface area (Å²) in [7, 11) is 1.71. The Bertz CT molecular complexity index is 1270. The average Bonchev–Trinajstić information content (AvgIpc) is 3.38. The third-order valence-electron chi connectivity index (χ3n) is 6.78. The maximum Gasteiger partial charge on any atom is 0.142 e. The first-order chi connectivity index (χ1) is 18.1. The number of ether oxygens (including phenoxy) is 4. The first kappa shape index (κ1) is 25.1. The van der Waals surface area contributed by atoms with Crippen molar-refractivity contribution >= 4 is 16.7 Å². The minimum absolute atomic E-state index is 0.136. The van der Waals surface area contributed by atoms with E-state index in [9.17, 15) is 0 Å². The summed E-state index contributed by atoms with van der Waals surface area (Å²) in [6.07, 6.45) is 8.10. The quantitative estimate of drug-likeness (QED) is 0.350. The van der Waals surface area contributed by atoms with E-state index >= 15 is 0 Å². The van der Waals surface area contributed by atoms with E-state index in [1.54, 1.807) is 13.4 Å². The van der Waals surface area contributed by atoms with Gasteiger partial charge in [0.2, 0.25) is 0 Å². The van der Waals surface area contributed by atoms with Gasteiger partial charge in [-0.3, -0.25) is 0 Å². The third-order valence-corrected chi connectivity index (χ3v) is 6.78. The van der Waals surface area contributed by atoms with Crippen molar-refractivity contribution in [1.82, 2.24) is 15.0 Å². The number of aromatic nitrogens is 3. The predicted octanol–water partition coefficient (Wildman–Crippen LogP) is 3.95. The Morgan fingerprint density at radius 3 is 2.68 bits per heavy atom. The lowest BCUT2D eigenvalue weighted by Gasteiger charge is -2.30. The zero-order chi connectivity index (χ0) is 25.6. The van der Waals surface area contributed by atoms with E-state index in [-0.39, 0.29) is 6.10 Å². The van der Waals surface area contributed by atoms with Gasteiger partial charge in [-0.15, -0.1) is 0 Å². The van der Waals surface area contributed by atoms with Crippen molar-refractivity contribution in [3.63, 3.8) is 0 Å². The summed E-state index contributed by atoms with van der Waals surface area (Å²) in [6, 6.07) is 8.39. The van der Waals surface area contributed by atoms with Crippen molar-refractivity contribution in [2.45, 2.75) is 32.3 Å². The molecule has 0 atom stereocenters. The fourth-order valence-electron chi connectivity index (χ4n) is 4.73. The summed E-state index contributed by atoms with van der Waals surface area (Å²) in [4.78, 5) is 14.8. The SMILES string of the molecule is COc1cc(-c2cc3c(C/C=C\C(OC4CCOCC4)=C(/C)N)ncnc3[nH]2)ccc1N1CCOCC1. The number of anilines is 1. The molecule has 2 saturated heterocycles. The molecule has 2 aliphatic rings. The number of methoxy groups -OCH3 is 1. The predicted molar refractivity (Wildman–Crippen MR) is 144 cm³/mol. The number of fused-ring (bicyclic) bond motifs is 1. The minimum Gasteiger partial charge on any atom is -0.495 e. The summed E-state index contributed by atoms with van der Waals surface area (Å²) in [5.74, 6) is 1.55. The fraction of sp³-hybridized carbons (Fsp3) is 0.429. The van der Waals surface area contributed by atoms with Gasteiger partial charge >= 0.3 is 0 Å². The highest BCUT2D eigenvalue weighted by Crippen LogP contribution is 2.34. The van der Waals surface area contributed by atoms with Crippen LogP contribution in [0.3, 0.4) is 0 Å². The number of benzene rings is 1. The topological polar surface area (TPSA) is 108 Å². The normalized spacial score (nSPS) is 17.8. The highest BCUT2D eigenvalue weighted by molar-refractivity contribution is 5.85. The largest absolute Gasteiger partial charge is 0.495 e. The summed E-state index contributed by atoms with van der Waals surface area (Å²) in [5, 5.41) is 0.985. The lowest BCUT2D eigenvalue weighted by atomic mass is 10.1. The van der Waals surface area contributed by atoms with Gasteiger partial charge in [0.25, 0.3) is 0 Å². The number of morpholine rings is 1. The van der Waals surface area contributed by atoms with Crippen molar-refractivity contribution in [2.24, 2.45) is 5.73 Å². The van der Waals surface area contributed by atoms with Crippen LogP contribution in [0.4, 0.5) is 5.69 Å². The van der Waals surface area contributed by atoms with Crippen molar-refractivity contribution in [3.05, 3.63) is 59.9 Å². The van der Waals surface area contributed by atoms with Gasteiger partial charge in [0.15, 0.2) is 0 Å². The molecule has 37 heavy (non-hydrogen) atoms. The van der Waals surface area contributed by atoms with Crippen LogP contribution in [-0.2, 0) is 20.6 Å². The molecule has 0 amide bonds. The number of aromatic amines is 1. The molecule has 9 heteroatoms. The highest BCUT2D eigenvalue weighted by Gasteiger charge is 2.18. The van der Waals surface area contributed by atoms with Crippen LogP contribution in [0.15, 0.2) is 54.2 Å². The number of nitrogens with zero attached hydrogens (tertiary/aromatic N) is 3. The molecule has 3 N–H and O–H groups in total. The number of hydrogen-bond acceptors (Lipinski definition) is 8. The van der Waals surface area contributed by atoms with Gasteiger partial charge in [-0.25, -0.2) is 9.97 Å². The van der Waals surface area contributed by atoms with Crippen LogP contribution in [0.5, 0.6) is 5.75 Å². The number of nitrogens with two attached hydrogens (primary N) is 1. The molecular weight excluding hydrogens is 470 g/mol. The van der Waals surface area contributed by atoms with Gasteiger partial charge in [-0.2, -0.15) is 0 Å². The van der Waals surface area contributed by atoms with E-state index in [2.05, 4.69) is 44.1 Å². The van der Waals surface area contributed by atoms with Gasteiger partial charge in [0.1, 0.15) is 29.6 Å². The second kappa shape index (κ2) is 11.7. The van der Waals surface area contributed by atoms with Gasteiger partial charge in [-0.05, 0) is 31.2 Å². The van der Waals surface area contributed by atoms with Gasteiger partial charge in [0.05, 0.1) is 44.9 Å². The standard InChI is InChI=1S/C28H35N5O4/c1-19(29)26(37-21-8-12-35-13-9-21)5-3-4-23-22-17-24(32-28(22)31-18-30-23)20-6-7-25(27(16-20)34-2)33-10-14-36-15-11-33/h3,5-7,16-18,21H,4,8-15,29H2,1-2H3,(H,30,31,32)/b5-3-,26-19-. The summed E-state index contributed by atoms with van der Waals surface area (Å²) < 4.78 is 22.8. The molecule has 2 aliphatic heterocycles. The number of allylic oxidation sites excluding steroid dienone is 3. The maximum absolute atomic E-state index is 6.14. The van der Waals surface area contributed by atoms with Crippen LogP contribution in [0.25, 0.3) is 22.3 Å². The molecule has 9 nitrogen and oxygen atoms in total. The third kappa shape index (κ3) is 5.89. The second-order valence-corrected chi connectivity index (χ2v) is 9.34. The molecule has 5 rings (SSSR count). The summed E-state index contributed by atoms with van der Waals surface area (Å²) >= 11 is 0. The molecule has 0 unspecified atom stereocenters. The van der Waals surface area contributed by atoms with Crippen LogP contribution >= 0.6 is 0 Å². The monoisotopic (exact) mass is 505 g/mol. The Morgan fingerprint density at radius 1 is 1.14 bits per heavy atom. The Balaban J connectivity index is 1.34. The number of rotatable bonds is 8. The van der Waals surface area contributed by atoms with Crippen molar-refractivity contribution in [2.75, 3.05) is 51.5 Å². The molecular formula is C28H35N5O4. The zero-order valence-electron chi connectivity index (χ0n) is 21.5. The van der Waals surface area contributed by atoms with E-state index in [4.69, 9.17) is 24.7 Å². The van der Waals surface area contributed by atoms with Crippen LogP contribution in [0.2, 0.25) is 0 Å². The first-order valence-electron chi connectivity index (χ1n) is 12.8. The average molecular weight is 506 g/mol. The Morgan fingerprint density at radius 2 is 1.92 bits per heavy atom. The van der Waals surface area contributed by atoms with E-state index < -0.39 is 0 Å². The molecule has 4 heterocycles. The Labute approximate surface area is 217 Å². The van der Waals surface area contributed by atoms with Gasteiger partial charge < -0.3 is 34.6 Å². The number of hydrogen-bond donors (Lipinski definition) is 2. The van der Waals surface area contributed by atoms with Gasteiger partial charge in [0, 0.05) is 54.7 Å². The summed E-state index contributed by atoms with van der Waals surface area (Å²) in [5.41, 5.74) is 11.6. The fourth-order valence-corrected chi connectivity index (χ4v) is 4.73. The molecule has 0 spiro atoms. The first-order valence-corrected chi connectivity index (χ1v) is 12.8. The number of H-pyrrole nitrogens is 1. The van der Waals surface area contributed by atoms with Crippen LogP contribution in [0.1, 0.15) is 25.5 Å². The molecule has 0 aliphatic carbocycles. The van der Waals surface area contributed by atoms with Crippen LogP contribution in [0, 0.1) is 0 Å². The van der Waals surface area contributed by atoms with E-state index in [0.29, 0.717) is 17.9 Å². The Kier molecular flexibility index (Phi) is 7.91. The minimum atomic E-state index is 0.136. The molecule has 2 fully saturated rings. The molecule has 0 saturated carbocycles. The van der Waals surface area contributed by atoms with Crippen LogP contribution in [-0.4, -0.2) is 67.7 Å². The lowest BCUT2D eigenvalue weighted by Crippen LogP contribution is -2.36. The maximum atomic E-state index is 6.14. The molecule has 0 radical (unpaired) electrons. The molecule has 2 aromatic heterocycles. The molecule has 196 valence electrons. The highest BCUT2D eigenvalue weighted by atomic mass is 16.5. The molecule has 0 bridgehead atoms. The second-order valence-electron chi connectivity index (χ2n) is 9.34. The number of nitrogens with one attached hydrogen (secondary N) is 1. The smallest absolute Gasteiger partial charge is 0.142 e.